The summed E-state index contributed by atoms with van der Waals surface area (Å²) < 4.78 is 9.29. The first-order valence-electron chi connectivity index (χ1n) is 5.33. The molecule has 6 nitrogen and oxygen atoms in total. The van der Waals surface area contributed by atoms with E-state index in [-0.39, 0.29) is 29.7 Å². The lowest BCUT2D eigenvalue weighted by Crippen LogP contribution is -2.78. The van der Waals surface area contributed by atoms with E-state index in [1.165, 1.54) is 14.2 Å². The van der Waals surface area contributed by atoms with E-state index in [9.17, 15) is 14.4 Å². The number of amides is 1. The zero-order chi connectivity index (χ0) is 12.3. The van der Waals surface area contributed by atoms with Crippen LogP contribution < -0.4 is 5.32 Å². The van der Waals surface area contributed by atoms with Gasteiger partial charge in [0.15, 0.2) is 0 Å². The number of nitrogens with one attached hydrogen (secondary N) is 1. The largest absolute Gasteiger partial charge is 0.466 e. The van der Waals surface area contributed by atoms with Crippen molar-refractivity contribution in [1.82, 2.24) is 5.32 Å². The van der Waals surface area contributed by atoms with Crippen LogP contribution >= 0.6 is 0 Å². The van der Waals surface area contributed by atoms with Crippen LogP contribution in [0.1, 0.15) is 0 Å². The van der Waals surface area contributed by atoms with E-state index >= 15 is 0 Å². The molecule has 3 aliphatic rings. The Morgan fingerprint density at radius 3 is 2.00 bits per heavy atom. The molecule has 0 radical (unpaired) electrons. The van der Waals surface area contributed by atoms with Crippen LogP contribution in [-0.4, -0.2) is 38.1 Å². The highest BCUT2D eigenvalue weighted by Crippen LogP contribution is 2.61. The number of carbonyl (C=O) groups is 3. The van der Waals surface area contributed by atoms with Crippen LogP contribution in [0.2, 0.25) is 0 Å². The number of esters is 2. The van der Waals surface area contributed by atoms with Gasteiger partial charge in [-0.25, -0.2) is 9.59 Å². The number of carbonyl (C=O) groups excluding carboxylic acids is 3. The van der Waals surface area contributed by atoms with E-state index in [0.717, 1.165) is 0 Å². The Kier molecular flexibility index (Phi) is 1.87. The standard InChI is InChI=1S/C11H11NO5/c1-16-10(14)5-3-4(6(5)11(15)17-2)8-7(3)9(13)12-8/h3-4,7-8H,1-2H3,(H,12,13)/t3-,4+,7-,8+/m0/s1. The van der Waals surface area contributed by atoms with Crippen LogP contribution in [0.15, 0.2) is 11.1 Å². The van der Waals surface area contributed by atoms with Gasteiger partial charge in [0.25, 0.3) is 0 Å². The Labute approximate surface area is 96.9 Å². The molecule has 1 heterocycles. The molecule has 0 aromatic carbocycles. The number of rotatable bonds is 2. The first kappa shape index (κ1) is 10.3. The Hall–Kier alpha value is -1.85. The van der Waals surface area contributed by atoms with Crippen molar-refractivity contribution in [2.24, 2.45) is 17.8 Å². The fourth-order valence-corrected chi connectivity index (χ4v) is 3.11. The van der Waals surface area contributed by atoms with Crippen molar-refractivity contribution in [2.75, 3.05) is 14.2 Å². The molecule has 6 heteroatoms. The molecule has 1 saturated carbocycles. The molecule has 1 aliphatic heterocycles. The molecule has 0 spiro atoms. The van der Waals surface area contributed by atoms with Gasteiger partial charge in [-0.1, -0.05) is 0 Å². The van der Waals surface area contributed by atoms with Crippen LogP contribution in [-0.2, 0) is 23.9 Å². The molecule has 0 unspecified atom stereocenters. The first-order valence-corrected chi connectivity index (χ1v) is 5.33. The van der Waals surface area contributed by atoms with Crippen LogP contribution in [0.3, 0.4) is 0 Å². The smallest absolute Gasteiger partial charge is 0.334 e. The molecule has 17 heavy (non-hydrogen) atoms. The number of β-lactam (4-membered cyclic amide) rings is 1. The molecular weight excluding hydrogens is 226 g/mol. The highest BCUT2D eigenvalue weighted by atomic mass is 16.5. The third kappa shape index (κ3) is 0.981. The average molecular weight is 237 g/mol. The molecule has 1 amide bonds. The van der Waals surface area contributed by atoms with Gasteiger partial charge in [0.05, 0.1) is 31.3 Å². The van der Waals surface area contributed by atoms with Gasteiger partial charge in [-0.05, 0) is 0 Å². The summed E-state index contributed by atoms with van der Waals surface area (Å²) in [4.78, 5) is 34.4. The van der Waals surface area contributed by atoms with Crippen molar-refractivity contribution in [3.05, 3.63) is 11.1 Å². The number of ether oxygens (including phenoxy) is 2. The molecule has 3 rings (SSSR count). The van der Waals surface area contributed by atoms with Crippen LogP contribution in [0, 0.1) is 17.8 Å². The van der Waals surface area contributed by atoms with Crippen LogP contribution in [0.25, 0.3) is 0 Å². The molecule has 1 N–H and O–H groups in total. The van der Waals surface area contributed by atoms with E-state index in [4.69, 9.17) is 0 Å². The molecule has 4 atom stereocenters. The van der Waals surface area contributed by atoms with Crippen molar-refractivity contribution in [3.8, 4) is 0 Å². The summed E-state index contributed by atoms with van der Waals surface area (Å²) in [7, 11) is 2.53. The van der Waals surface area contributed by atoms with Crippen LogP contribution in [0.4, 0.5) is 0 Å². The van der Waals surface area contributed by atoms with Gasteiger partial charge in [0.2, 0.25) is 5.91 Å². The molecule has 1 saturated heterocycles. The second-order valence-corrected chi connectivity index (χ2v) is 4.42. The van der Waals surface area contributed by atoms with Crippen molar-refractivity contribution < 1.29 is 23.9 Å². The third-order valence-corrected chi connectivity index (χ3v) is 3.93. The minimum atomic E-state index is -0.537. The SMILES string of the molecule is COC(=O)C1=C(C(=O)OC)[C@@H]2[C@H]3NC(=O)[C@H]3[C@H]12. The highest BCUT2D eigenvalue weighted by molar-refractivity contribution is 6.08. The Morgan fingerprint density at radius 1 is 1.00 bits per heavy atom. The lowest BCUT2D eigenvalue weighted by atomic mass is 9.44. The van der Waals surface area contributed by atoms with Gasteiger partial charge in [0, 0.05) is 17.9 Å². The summed E-state index contributed by atoms with van der Waals surface area (Å²) in [6.07, 6.45) is 0. The monoisotopic (exact) mass is 237 g/mol. The molecule has 0 bridgehead atoms. The third-order valence-electron chi connectivity index (χ3n) is 3.93. The molecule has 0 aromatic heterocycles. The Morgan fingerprint density at radius 2 is 1.53 bits per heavy atom. The van der Waals surface area contributed by atoms with E-state index in [1.54, 1.807) is 0 Å². The number of hydrogen-bond donors (Lipinski definition) is 1. The summed E-state index contributed by atoms with van der Waals surface area (Å²) in [6.45, 7) is 0. The fourth-order valence-electron chi connectivity index (χ4n) is 3.11. The summed E-state index contributed by atoms with van der Waals surface area (Å²) in [6, 6.07) is -0.00462. The van der Waals surface area contributed by atoms with Gasteiger partial charge in [-0.3, -0.25) is 4.79 Å². The lowest BCUT2D eigenvalue weighted by molar-refractivity contribution is -0.163. The molecule has 2 fully saturated rings. The summed E-state index contributed by atoms with van der Waals surface area (Å²) in [5, 5.41) is 2.73. The number of hydrogen-bond acceptors (Lipinski definition) is 5. The fraction of sp³-hybridized carbons (Fsp3) is 0.545. The van der Waals surface area contributed by atoms with Gasteiger partial charge in [0.1, 0.15) is 0 Å². The molecular formula is C11H11NO5. The molecule has 2 aliphatic carbocycles. The zero-order valence-electron chi connectivity index (χ0n) is 9.35. The van der Waals surface area contributed by atoms with E-state index in [0.29, 0.717) is 11.1 Å². The van der Waals surface area contributed by atoms with E-state index in [2.05, 4.69) is 14.8 Å². The summed E-state index contributed by atoms with van der Waals surface area (Å²) in [5.41, 5.74) is 0.686. The highest BCUT2D eigenvalue weighted by Gasteiger charge is 2.71. The quantitative estimate of drug-likeness (QED) is 0.492. The summed E-state index contributed by atoms with van der Waals surface area (Å²) in [5.74, 6) is -1.49. The second kappa shape index (κ2) is 3.09. The number of piperidine rings is 1. The van der Waals surface area contributed by atoms with Crippen molar-refractivity contribution in [3.63, 3.8) is 0 Å². The maximum atomic E-state index is 11.6. The van der Waals surface area contributed by atoms with E-state index in [1.807, 2.05) is 0 Å². The maximum absolute atomic E-state index is 11.6. The van der Waals surface area contributed by atoms with Crippen LogP contribution in [0.5, 0.6) is 0 Å². The number of fused-ring (bicyclic) bond motifs is 4. The van der Waals surface area contributed by atoms with E-state index < -0.39 is 11.9 Å². The van der Waals surface area contributed by atoms with Crippen molar-refractivity contribution in [1.29, 1.82) is 0 Å². The van der Waals surface area contributed by atoms with Gasteiger partial charge >= 0.3 is 11.9 Å². The lowest BCUT2D eigenvalue weighted by Gasteiger charge is -2.63. The average Bonchev–Trinajstić information content (AvgIpc) is 2.31. The van der Waals surface area contributed by atoms with Gasteiger partial charge < -0.3 is 14.8 Å². The van der Waals surface area contributed by atoms with Crippen molar-refractivity contribution in [2.45, 2.75) is 6.04 Å². The molecule has 90 valence electrons. The second-order valence-electron chi connectivity index (χ2n) is 4.42. The molecule has 0 aromatic rings. The minimum absolute atomic E-state index is 0.00462. The normalized spacial score (nSPS) is 36.5. The Balaban J connectivity index is 1.97. The van der Waals surface area contributed by atoms with Gasteiger partial charge in [-0.15, -0.1) is 0 Å². The zero-order valence-corrected chi connectivity index (χ0v) is 9.35. The van der Waals surface area contributed by atoms with Crippen molar-refractivity contribution >= 4 is 17.8 Å². The predicted molar refractivity (Wildman–Crippen MR) is 53.5 cm³/mol. The first-order chi connectivity index (χ1) is 8.11. The Bertz CT molecular complexity index is 480. The number of methoxy groups -OCH3 is 2. The topological polar surface area (TPSA) is 81.7 Å². The maximum Gasteiger partial charge on any atom is 0.334 e. The predicted octanol–water partition coefficient (Wildman–Crippen LogP) is -0.997. The van der Waals surface area contributed by atoms with Gasteiger partial charge in [-0.2, -0.15) is 0 Å². The minimum Gasteiger partial charge on any atom is -0.466 e. The summed E-state index contributed by atoms with van der Waals surface area (Å²) >= 11 is 0.